The number of hydrogen-bond donors (Lipinski definition) is 0. The lowest BCUT2D eigenvalue weighted by Gasteiger charge is -2.18. The fourth-order valence-corrected chi connectivity index (χ4v) is 3.43. The molecule has 3 heteroatoms. The number of thioether (sulfide) groups is 1. The predicted octanol–water partition coefficient (Wildman–Crippen LogP) is 3.25. The second-order valence-electron chi connectivity index (χ2n) is 4.55. The molecule has 0 radical (unpaired) electrons. The van der Waals surface area contributed by atoms with Gasteiger partial charge in [-0.25, -0.2) is 4.98 Å². The lowest BCUT2D eigenvalue weighted by atomic mass is 10.0. The van der Waals surface area contributed by atoms with Crippen LogP contribution < -0.4 is 0 Å². The van der Waals surface area contributed by atoms with Gasteiger partial charge in [0.25, 0.3) is 0 Å². The number of aromatic nitrogens is 2. The van der Waals surface area contributed by atoms with Gasteiger partial charge in [0, 0.05) is 24.1 Å². The molecular weight excluding hydrogens is 216 g/mol. The van der Waals surface area contributed by atoms with Crippen LogP contribution in [0.25, 0.3) is 5.65 Å². The molecule has 2 aromatic rings. The maximum absolute atomic E-state index is 4.75. The number of fused-ring (bicyclic) bond motifs is 1. The zero-order valence-corrected chi connectivity index (χ0v) is 10.3. The van der Waals surface area contributed by atoms with Crippen molar-refractivity contribution >= 4 is 17.4 Å². The van der Waals surface area contributed by atoms with Crippen LogP contribution in [-0.4, -0.2) is 20.9 Å². The average molecular weight is 232 g/mol. The smallest absolute Gasteiger partial charge is 0.137 e. The summed E-state index contributed by atoms with van der Waals surface area (Å²) in [4.78, 5) is 4.75. The third-order valence-corrected chi connectivity index (χ3v) is 4.43. The fourth-order valence-electron chi connectivity index (χ4n) is 2.27. The molecule has 2 aromatic heterocycles. The zero-order valence-electron chi connectivity index (χ0n) is 9.52. The molecule has 0 amide bonds. The van der Waals surface area contributed by atoms with E-state index in [0.717, 1.165) is 5.65 Å². The Bertz CT molecular complexity index is 498. The number of nitrogens with zero attached hydrogens (tertiary/aromatic N) is 2. The number of pyridine rings is 1. The lowest BCUT2D eigenvalue weighted by Crippen LogP contribution is -2.08. The Morgan fingerprint density at radius 1 is 1.50 bits per heavy atom. The van der Waals surface area contributed by atoms with Crippen LogP contribution in [0.15, 0.2) is 24.5 Å². The van der Waals surface area contributed by atoms with Crippen LogP contribution >= 0.6 is 11.8 Å². The highest BCUT2D eigenvalue weighted by Gasteiger charge is 2.18. The van der Waals surface area contributed by atoms with E-state index in [0.29, 0.717) is 5.92 Å². The minimum atomic E-state index is 0.666. The van der Waals surface area contributed by atoms with E-state index >= 15 is 0 Å². The van der Waals surface area contributed by atoms with E-state index in [9.17, 15) is 0 Å². The first-order valence-electron chi connectivity index (χ1n) is 5.86. The molecule has 1 saturated heterocycles. The molecule has 1 aliphatic heterocycles. The largest absolute Gasteiger partial charge is 0.307 e. The Kier molecular flexibility index (Phi) is 2.64. The topological polar surface area (TPSA) is 17.3 Å². The summed E-state index contributed by atoms with van der Waals surface area (Å²) in [6.07, 6.45) is 6.94. The van der Waals surface area contributed by atoms with E-state index in [-0.39, 0.29) is 0 Å². The molecule has 1 atom stereocenters. The minimum absolute atomic E-state index is 0.666. The van der Waals surface area contributed by atoms with Crippen LogP contribution in [0.1, 0.15) is 30.0 Å². The molecule has 2 nitrogen and oxygen atoms in total. The Hall–Kier alpha value is -0.960. The maximum Gasteiger partial charge on any atom is 0.137 e. The molecule has 3 rings (SSSR count). The molecule has 3 heterocycles. The minimum Gasteiger partial charge on any atom is -0.307 e. The van der Waals surface area contributed by atoms with Gasteiger partial charge in [-0.15, -0.1) is 0 Å². The number of aryl methyl sites for hydroxylation is 1. The van der Waals surface area contributed by atoms with Crippen molar-refractivity contribution in [3.63, 3.8) is 0 Å². The lowest BCUT2D eigenvalue weighted by molar-refractivity contribution is 0.647. The number of imidazole rings is 1. The Balaban J connectivity index is 1.97. The third kappa shape index (κ3) is 1.84. The van der Waals surface area contributed by atoms with E-state index in [1.807, 2.05) is 0 Å². The van der Waals surface area contributed by atoms with Gasteiger partial charge in [-0.2, -0.15) is 11.8 Å². The third-order valence-electron chi connectivity index (χ3n) is 3.21. The molecule has 1 aliphatic rings. The summed E-state index contributed by atoms with van der Waals surface area (Å²) in [5, 5.41) is 0. The predicted molar refractivity (Wildman–Crippen MR) is 69.2 cm³/mol. The van der Waals surface area contributed by atoms with Crippen molar-refractivity contribution in [1.29, 1.82) is 0 Å². The molecule has 0 aromatic carbocycles. The average Bonchev–Trinajstić information content (AvgIpc) is 2.73. The van der Waals surface area contributed by atoms with Crippen LogP contribution in [0, 0.1) is 6.92 Å². The monoisotopic (exact) mass is 232 g/mol. The molecule has 0 bridgehead atoms. The second kappa shape index (κ2) is 4.13. The van der Waals surface area contributed by atoms with Crippen LogP contribution in [0.2, 0.25) is 0 Å². The highest BCUT2D eigenvalue weighted by atomic mass is 32.2. The van der Waals surface area contributed by atoms with Crippen LogP contribution in [0.5, 0.6) is 0 Å². The standard InChI is InChI=1S/C13H16N2S/c1-10-4-5-15-8-12(14-13(15)7-10)11-3-2-6-16-9-11/h4-5,7-8,11H,2-3,6,9H2,1H3. The molecule has 84 valence electrons. The summed E-state index contributed by atoms with van der Waals surface area (Å²) in [5.74, 6) is 3.23. The van der Waals surface area contributed by atoms with Crippen molar-refractivity contribution < 1.29 is 0 Å². The summed E-state index contributed by atoms with van der Waals surface area (Å²) < 4.78 is 2.14. The fraction of sp³-hybridized carbons (Fsp3) is 0.462. The first-order valence-corrected chi connectivity index (χ1v) is 7.01. The van der Waals surface area contributed by atoms with Crippen molar-refractivity contribution in [2.45, 2.75) is 25.7 Å². The molecule has 0 N–H and O–H groups in total. The molecule has 1 unspecified atom stereocenters. The van der Waals surface area contributed by atoms with Gasteiger partial charge in [0.1, 0.15) is 5.65 Å². The van der Waals surface area contributed by atoms with Gasteiger partial charge in [-0.1, -0.05) is 0 Å². The Labute approximate surface area is 100 Å². The summed E-state index contributed by atoms with van der Waals surface area (Å²) in [6, 6.07) is 4.29. The Morgan fingerprint density at radius 2 is 2.44 bits per heavy atom. The van der Waals surface area contributed by atoms with E-state index in [1.165, 1.54) is 35.6 Å². The van der Waals surface area contributed by atoms with Gasteiger partial charge in [0.15, 0.2) is 0 Å². The van der Waals surface area contributed by atoms with E-state index < -0.39 is 0 Å². The molecule has 16 heavy (non-hydrogen) atoms. The summed E-state index contributed by atoms with van der Waals surface area (Å²) in [5.41, 5.74) is 3.64. The molecule has 0 aliphatic carbocycles. The van der Waals surface area contributed by atoms with Gasteiger partial charge in [-0.3, -0.25) is 0 Å². The quantitative estimate of drug-likeness (QED) is 0.751. The van der Waals surface area contributed by atoms with E-state index in [2.05, 4.69) is 47.6 Å². The maximum atomic E-state index is 4.75. The van der Waals surface area contributed by atoms with Crippen LogP contribution in [0.4, 0.5) is 0 Å². The first-order chi connectivity index (χ1) is 7.83. The van der Waals surface area contributed by atoms with E-state index in [1.54, 1.807) is 0 Å². The highest BCUT2D eigenvalue weighted by molar-refractivity contribution is 7.99. The van der Waals surface area contributed by atoms with Gasteiger partial charge in [0.2, 0.25) is 0 Å². The van der Waals surface area contributed by atoms with Gasteiger partial charge in [0.05, 0.1) is 5.69 Å². The SMILES string of the molecule is Cc1ccn2cc(C3CCCSC3)nc2c1. The summed E-state index contributed by atoms with van der Waals surface area (Å²) >= 11 is 2.06. The Morgan fingerprint density at radius 3 is 3.25 bits per heavy atom. The van der Waals surface area contributed by atoms with E-state index in [4.69, 9.17) is 4.98 Å². The van der Waals surface area contributed by atoms with Gasteiger partial charge in [-0.05, 0) is 43.2 Å². The summed E-state index contributed by atoms with van der Waals surface area (Å²) in [6.45, 7) is 2.12. The number of hydrogen-bond acceptors (Lipinski definition) is 2. The van der Waals surface area contributed by atoms with Crippen molar-refractivity contribution in [2.75, 3.05) is 11.5 Å². The molecule has 0 spiro atoms. The van der Waals surface area contributed by atoms with Crippen molar-refractivity contribution in [3.8, 4) is 0 Å². The normalized spacial score (nSPS) is 21.4. The highest BCUT2D eigenvalue weighted by Crippen LogP contribution is 2.30. The van der Waals surface area contributed by atoms with Crippen LogP contribution in [0.3, 0.4) is 0 Å². The first kappa shape index (κ1) is 10.2. The van der Waals surface area contributed by atoms with Crippen LogP contribution in [-0.2, 0) is 0 Å². The van der Waals surface area contributed by atoms with Gasteiger partial charge >= 0.3 is 0 Å². The van der Waals surface area contributed by atoms with Gasteiger partial charge < -0.3 is 4.40 Å². The second-order valence-corrected chi connectivity index (χ2v) is 5.70. The summed E-state index contributed by atoms with van der Waals surface area (Å²) in [7, 11) is 0. The molecule has 1 fully saturated rings. The molecule has 0 saturated carbocycles. The molecular formula is C13H16N2S. The van der Waals surface area contributed by atoms with Crippen molar-refractivity contribution in [1.82, 2.24) is 9.38 Å². The zero-order chi connectivity index (χ0) is 11.0. The number of rotatable bonds is 1. The van der Waals surface area contributed by atoms with Crippen molar-refractivity contribution in [3.05, 3.63) is 35.8 Å². The van der Waals surface area contributed by atoms with Crippen molar-refractivity contribution in [2.24, 2.45) is 0 Å².